The fourth-order valence-electron chi connectivity index (χ4n) is 4.32. The molecule has 6 heteroatoms. The van der Waals surface area contributed by atoms with Gasteiger partial charge in [0.1, 0.15) is 5.82 Å². The van der Waals surface area contributed by atoms with Gasteiger partial charge < -0.3 is 19.9 Å². The summed E-state index contributed by atoms with van der Waals surface area (Å²) in [5.74, 6) is 1.60. The van der Waals surface area contributed by atoms with E-state index in [4.69, 9.17) is 4.74 Å². The number of carbonyl (C=O) groups is 1. The van der Waals surface area contributed by atoms with Gasteiger partial charge in [0, 0.05) is 19.0 Å². The minimum Gasteiger partial charge on any atom is -0.479 e. The van der Waals surface area contributed by atoms with Crippen LogP contribution in [0, 0.1) is 0 Å². The lowest BCUT2D eigenvalue weighted by Gasteiger charge is -2.19. The van der Waals surface area contributed by atoms with Gasteiger partial charge in [-0.3, -0.25) is 4.79 Å². The molecule has 3 aromatic carbocycles. The predicted molar refractivity (Wildman–Crippen MR) is 141 cm³/mol. The van der Waals surface area contributed by atoms with Crippen LogP contribution in [0.4, 0.5) is 0 Å². The van der Waals surface area contributed by atoms with Crippen LogP contribution in [0.1, 0.15) is 36.7 Å². The van der Waals surface area contributed by atoms with E-state index < -0.39 is 0 Å². The van der Waals surface area contributed by atoms with Gasteiger partial charge in [-0.2, -0.15) is 0 Å². The lowest BCUT2D eigenvalue weighted by atomic mass is 9.92. The molecule has 1 aromatic heterocycles. The van der Waals surface area contributed by atoms with Crippen LogP contribution >= 0.6 is 0 Å². The molecular formula is C29H32N4O2. The van der Waals surface area contributed by atoms with Crippen molar-refractivity contribution in [3.05, 3.63) is 102 Å². The summed E-state index contributed by atoms with van der Waals surface area (Å²) in [6.45, 7) is 10.6. The van der Waals surface area contributed by atoms with Crippen molar-refractivity contribution in [2.45, 2.75) is 39.4 Å². The number of hydrogen-bond donors (Lipinski definition) is 2. The van der Waals surface area contributed by atoms with Gasteiger partial charge in [0.2, 0.25) is 6.41 Å². The highest BCUT2D eigenvalue weighted by Crippen LogP contribution is 2.29. The van der Waals surface area contributed by atoms with Crippen LogP contribution in [0.5, 0.6) is 0 Å². The second kappa shape index (κ2) is 11.4. The van der Waals surface area contributed by atoms with Crippen molar-refractivity contribution in [2.75, 3.05) is 6.61 Å². The Bertz CT molecular complexity index is 1300. The van der Waals surface area contributed by atoms with Crippen LogP contribution in [-0.4, -0.2) is 22.6 Å². The van der Waals surface area contributed by atoms with Gasteiger partial charge in [0.05, 0.1) is 24.2 Å². The molecule has 0 aliphatic heterocycles. The lowest BCUT2D eigenvalue weighted by molar-refractivity contribution is -0.109. The molecule has 0 aliphatic rings. The number of aromatic nitrogens is 2. The fraction of sp³-hybridized carbons (Fsp3) is 0.241. The topological polar surface area (TPSA) is 68.2 Å². The van der Waals surface area contributed by atoms with Crippen molar-refractivity contribution in [2.24, 2.45) is 0 Å². The van der Waals surface area contributed by atoms with Gasteiger partial charge in [-0.15, -0.1) is 0 Å². The van der Waals surface area contributed by atoms with E-state index in [-0.39, 0.29) is 5.92 Å². The van der Waals surface area contributed by atoms with Gasteiger partial charge in [-0.1, -0.05) is 67.6 Å². The first-order valence-corrected chi connectivity index (χ1v) is 12.0. The molecule has 1 heterocycles. The van der Waals surface area contributed by atoms with E-state index in [0.717, 1.165) is 29.0 Å². The van der Waals surface area contributed by atoms with Crippen LogP contribution in [-0.2, 0) is 29.2 Å². The minimum absolute atomic E-state index is 0.207. The number of nitrogens with zero attached hydrogens (tertiary/aromatic N) is 2. The molecule has 1 unspecified atom stereocenters. The molecule has 1 amide bonds. The quantitative estimate of drug-likeness (QED) is 0.217. The van der Waals surface area contributed by atoms with Crippen molar-refractivity contribution in [1.82, 2.24) is 20.2 Å². The number of amides is 1. The molecule has 0 saturated heterocycles. The minimum atomic E-state index is 0.207. The number of hydrogen-bond acceptors (Lipinski definition) is 4. The molecule has 0 spiro atoms. The molecule has 4 rings (SSSR count). The number of carbonyl (C=O) groups excluding carboxylic acids is 1. The molecule has 0 saturated carbocycles. The molecule has 0 aliphatic carbocycles. The van der Waals surface area contributed by atoms with Gasteiger partial charge >= 0.3 is 0 Å². The third-order valence-electron chi connectivity index (χ3n) is 6.13. The molecule has 0 bridgehead atoms. The number of rotatable bonds is 12. The second-order valence-corrected chi connectivity index (χ2v) is 8.54. The summed E-state index contributed by atoms with van der Waals surface area (Å²) < 4.78 is 8.10. The normalized spacial score (nSPS) is 11.7. The maximum Gasteiger partial charge on any atom is 0.207 e. The third kappa shape index (κ3) is 5.72. The maximum absolute atomic E-state index is 10.7. The molecule has 6 nitrogen and oxygen atoms in total. The fourth-order valence-corrected chi connectivity index (χ4v) is 4.32. The number of benzene rings is 3. The average Bonchev–Trinajstić information content (AvgIpc) is 3.26. The Morgan fingerprint density at radius 3 is 2.63 bits per heavy atom. The Kier molecular flexibility index (Phi) is 7.83. The summed E-state index contributed by atoms with van der Waals surface area (Å²) in [7, 11) is 0. The van der Waals surface area contributed by atoms with E-state index in [9.17, 15) is 4.79 Å². The second-order valence-electron chi connectivity index (χ2n) is 8.54. The van der Waals surface area contributed by atoms with Crippen molar-refractivity contribution in [3.63, 3.8) is 0 Å². The molecular weight excluding hydrogens is 436 g/mol. The first-order chi connectivity index (χ1) is 17.1. The van der Waals surface area contributed by atoms with E-state index in [0.29, 0.717) is 32.0 Å². The summed E-state index contributed by atoms with van der Waals surface area (Å²) in [4.78, 5) is 15.3. The van der Waals surface area contributed by atoms with Gasteiger partial charge in [-0.05, 0) is 47.9 Å². The van der Waals surface area contributed by atoms with Crippen LogP contribution < -0.4 is 10.6 Å². The lowest BCUT2D eigenvalue weighted by Crippen LogP contribution is -2.17. The standard InChI is InChI=1S/C29H32N4O2/c1-4-33-28-16-23(14-15-27(28)32-29(33)18-30-20-34)17-31-22(3)35-19-21(2)25-12-8-9-13-26(25)24-10-6-5-7-11-24/h5-16,20-21,31H,3-4,17-19H2,1-2H3,(H,30,34). The van der Waals surface area contributed by atoms with E-state index in [1.54, 1.807) is 0 Å². The van der Waals surface area contributed by atoms with E-state index in [1.165, 1.54) is 16.7 Å². The SMILES string of the molecule is C=C(NCc1ccc2nc(CNC=O)n(CC)c2c1)OCC(C)c1ccccc1-c1ccccc1. The first kappa shape index (κ1) is 24.1. The Morgan fingerprint density at radius 2 is 1.86 bits per heavy atom. The Morgan fingerprint density at radius 1 is 1.09 bits per heavy atom. The van der Waals surface area contributed by atoms with Gasteiger partial charge in [0.25, 0.3) is 0 Å². The third-order valence-corrected chi connectivity index (χ3v) is 6.13. The molecule has 4 aromatic rings. The summed E-state index contributed by atoms with van der Waals surface area (Å²) in [5.41, 5.74) is 6.76. The van der Waals surface area contributed by atoms with Crippen molar-refractivity contribution < 1.29 is 9.53 Å². The summed E-state index contributed by atoms with van der Waals surface area (Å²) in [6, 6.07) is 25.1. The average molecular weight is 469 g/mol. The monoisotopic (exact) mass is 468 g/mol. The molecule has 180 valence electrons. The first-order valence-electron chi connectivity index (χ1n) is 12.0. The highest BCUT2D eigenvalue weighted by molar-refractivity contribution is 5.77. The van der Waals surface area contributed by atoms with E-state index in [1.807, 2.05) is 18.2 Å². The van der Waals surface area contributed by atoms with Crippen LogP contribution in [0.15, 0.2) is 85.3 Å². The summed E-state index contributed by atoms with van der Waals surface area (Å²) >= 11 is 0. The molecule has 0 fully saturated rings. The number of imidazole rings is 1. The Hall–Kier alpha value is -4.06. The molecule has 2 N–H and O–H groups in total. The Labute approximate surface area is 206 Å². The van der Waals surface area contributed by atoms with Crippen LogP contribution in [0.3, 0.4) is 0 Å². The number of nitrogens with one attached hydrogen (secondary N) is 2. The number of aryl methyl sites for hydroxylation is 1. The van der Waals surface area contributed by atoms with E-state index in [2.05, 4.69) is 95.2 Å². The highest BCUT2D eigenvalue weighted by Gasteiger charge is 2.13. The zero-order valence-electron chi connectivity index (χ0n) is 20.3. The van der Waals surface area contributed by atoms with Crippen molar-refractivity contribution in [3.8, 4) is 11.1 Å². The Balaban J connectivity index is 1.36. The zero-order valence-corrected chi connectivity index (χ0v) is 20.3. The molecule has 0 radical (unpaired) electrons. The van der Waals surface area contributed by atoms with Crippen LogP contribution in [0.25, 0.3) is 22.2 Å². The predicted octanol–water partition coefficient (Wildman–Crippen LogP) is 5.35. The number of fused-ring (bicyclic) bond motifs is 1. The van der Waals surface area contributed by atoms with Crippen LogP contribution in [0.2, 0.25) is 0 Å². The summed E-state index contributed by atoms with van der Waals surface area (Å²) in [5, 5.41) is 5.99. The molecule has 1 atom stereocenters. The van der Waals surface area contributed by atoms with Gasteiger partial charge in [-0.25, -0.2) is 4.98 Å². The number of ether oxygens (including phenoxy) is 1. The summed E-state index contributed by atoms with van der Waals surface area (Å²) in [6.07, 6.45) is 0.696. The maximum atomic E-state index is 10.7. The van der Waals surface area contributed by atoms with Crippen molar-refractivity contribution >= 4 is 17.4 Å². The van der Waals surface area contributed by atoms with Crippen molar-refractivity contribution in [1.29, 1.82) is 0 Å². The largest absolute Gasteiger partial charge is 0.479 e. The zero-order chi connectivity index (χ0) is 24.6. The highest BCUT2D eigenvalue weighted by atomic mass is 16.5. The smallest absolute Gasteiger partial charge is 0.207 e. The van der Waals surface area contributed by atoms with E-state index >= 15 is 0 Å². The van der Waals surface area contributed by atoms with Gasteiger partial charge in [0.15, 0.2) is 5.88 Å². The molecule has 35 heavy (non-hydrogen) atoms.